The van der Waals surface area contributed by atoms with E-state index in [1.54, 1.807) is 23.8 Å². The number of nitrogens with one attached hydrogen (secondary N) is 1. The number of pyridine rings is 1. The SMILES string of the molecule is Cc1ncsc1-c1ccc([C@H](CO)NC(=O)[C@@H]2C[C@@H](O)CN2C(=O)[C@H](N)N2C(=O)CCC2CCCN2CCC[C@H]2CO)cn1. The van der Waals surface area contributed by atoms with E-state index in [2.05, 4.69) is 20.2 Å². The molecule has 2 aromatic rings. The average Bonchev–Trinajstić information content (AvgIpc) is 3.82. The summed E-state index contributed by atoms with van der Waals surface area (Å²) >= 11 is 1.48. The van der Waals surface area contributed by atoms with Crippen molar-refractivity contribution in [2.75, 3.05) is 32.8 Å². The van der Waals surface area contributed by atoms with Gasteiger partial charge in [0.25, 0.3) is 5.91 Å². The Bertz CT molecular complexity index is 1310. The molecule has 2 aromatic heterocycles. The number of aromatic nitrogens is 2. The number of nitrogens with zero attached hydrogens (tertiary/aromatic N) is 5. The van der Waals surface area contributed by atoms with Crippen molar-refractivity contribution in [3.63, 3.8) is 0 Å². The van der Waals surface area contributed by atoms with Crippen LogP contribution in [0.4, 0.5) is 0 Å². The number of hydrogen-bond donors (Lipinski definition) is 5. The third-order valence-electron chi connectivity index (χ3n) is 9.15. The predicted octanol–water partition coefficient (Wildman–Crippen LogP) is 0.138. The van der Waals surface area contributed by atoms with Crippen LogP contribution in [0, 0.1) is 6.92 Å². The average molecular weight is 630 g/mol. The Hall–Kier alpha value is -3.01. The number of thiazole rings is 1. The van der Waals surface area contributed by atoms with Crippen LogP contribution in [0.1, 0.15) is 62.2 Å². The van der Waals surface area contributed by atoms with Gasteiger partial charge in [-0.2, -0.15) is 0 Å². The Morgan fingerprint density at radius 2 is 2.02 bits per heavy atom. The molecule has 3 amide bonds. The Kier molecular flexibility index (Phi) is 10.6. The summed E-state index contributed by atoms with van der Waals surface area (Å²) < 4.78 is 0. The molecule has 13 nitrogen and oxygen atoms in total. The number of amides is 3. The highest BCUT2D eigenvalue weighted by Gasteiger charge is 2.45. The lowest BCUT2D eigenvalue weighted by Gasteiger charge is -2.34. The minimum atomic E-state index is -1.27. The van der Waals surface area contributed by atoms with Gasteiger partial charge in [-0.25, -0.2) is 4.98 Å². The number of carbonyl (C=O) groups is 3. The van der Waals surface area contributed by atoms with E-state index in [-0.39, 0.29) is 37.6 Å². The zero-order valence-electron chi connectivity index (χ0n) is 25.0. The van der Waals surface area contributed by atoms with Crippen LogP contribution in [0.5, 0.6) is 0 Å². The molecule has 0 aromatic carbocycles. The summed E-state index contributed by atoms with van der Waals surface area (Å²) in [5.41, 5.74) is 10.4. The molecule has 0 spiro atoms. The molecule has 5 heterocycles. The number of aliphatic hydroxyl groups excluding tert-OH is 3. The molecule has 44 heavy (non-hydrogen) atoms. The molecule has 3 aliphatic heterocycles. The highest BCUT2D eigenvalue weighted by Crippen LogP contribution is 2.29. The Morgan fingerprint density at radius 1 is 1.20 bits per heavy atom. The fourth-order valence-corrected chi connectivity index (χ4v) is 7.53. The summed E-state index contributed by atoms with van der Waals surface area (Å²) in [5.74, 6) is -1.32. The summed E-state index contributed by atoms with van der Waals surface area (Å²) in [6.45, 7) is 3.32. The number of likely N-dealkylation sites (tertiary alicyclic amines) is 3. The van der Waals surface area contributed by atoms with E-state index in [1.807, 2.05) is 6.92 Å². The number of carbonyl (C=O) groups excluding carboxylic acids is 3. The van der Waals surface area contributed by atoms with Gasteiger partial charge in [0.1, 0.15) is 6.04 Å². The fraction of sp³-hybridized carbons (Fsp3) is 0.633. The van der Waals surface area contributed by atoms with E-state index in [0.29, 0.717) is 24.8 Å². The molecule has 3 aliphatic rings. The Labute approximate surface area is 261 Å². The van der Waals surface area contributed by atoms with Crippen LogP contribution in [0.25, 0.3) is 10.6 Å². The van der Waals surface area contributed by atoms with E-state index < -0.39 is 42.8 Å². The van der Waals surface area contributed by atoms with Crippen molar-refractivity contribution < 1.29 is 29.7 Å². The van der Waals surface area contributed by atoms with Crippen LogP contribution < -0.4 is 11.1 Å². The molecule has 0 bridgehead atoms. The lowest BCUT2D eigenvalue weighted by Crippen LogP contribution is -2.59. The maximum absolute atomic E-state index is 13.7. The van der Waals surface area contributed by atoms with Crippen molar-refractivity contribution >= 4 is 29.1 Å². The second-order valence-electron chi connectivity index (χ2n) is 12.0. The quantitative estimate of drug-likeness (QED) is 0.216. The standard InChI is InChI=1S/C30H43N7O6S/c1-18-27(44-17-33-18)23-8-6-19(13-32-23)24(16-39)34-29(42)25-12-22(40)14-36(25)30(43)28(31)37-20(7-9-26(37)41)4-2-10-35-11-3-5-21(35)15-38/h6,8,13,17,20-22,24-25,28,38-40H,2-5,7,9-12,14-16,31H2,1H3,(H,34,42)/t20?,21-,22+,24-,25-,28+/m0/s1. The Morgan fingerprint density at radius 3 is 2.70 bits per heavy atom. The third kappa shape index (κ3) is 6.95. The first kappa shape index (κ1) is 32.4. The second-order valence-corrected chi connectivity index (χ2v) is 12.8. The molecule has 0 aliphatic carbocycles. The van der Waals surface area contributed by atoms with Gasteiger partial charge in [0.15, 0.2) is 6.17 Å². The summed E-state index contributed by atoms with van der Waals surface area (Å²) in [7, 11) is 0. The topological polar surface area (TPSA) is 185 Å². The number of nitrogens with two attached hydrogens (primary N) is 1. The molecule has 0 radical (unpaired) electrons. The van der Waals surface area contributed by atoms with E-state index in [4.69, 9.17) is 5.73 Å². The van der Waals surface area contributed by atoms with Gasteiger partial charge < -0.3 is 36.2 Å². The summed E-state index contributed by atoms with van der Waals surface area (Å²) in [4.78, 5) is 54.6. The maximum Gasteiger partial charge on any atom is 0.260 e. The summed E-state index contributed by atoms with van der Waals surface area (Å²) in [6, 6.07) is 1.78. The highest BCUT2D eigenvalue weighted by atomic mass is 32.1. The van der Waals surface area contributed by atoms with Crippen molar-refractivity contribution in [3.8, 4) is 10.6 Å². The van der Waals surface area contributed by atoms with Gasteiger partial charge in [-0.15, -0.1) is 11.3 Å². The number of aliphatic hydroxyl groups is 3. The van der Waals surface area contributed by atoms with E-state index in [0.717, 1.165) is 48.6 Å². The molecule has 14 heteroatoms. The second kappa shape index (κ2) is 14.4. The zero-order chi connectivity index (χ0) is 31.4. The van der Waals surface area contributed by atoms with Crippen molar-refractivity contribution in [2.45, 2.75) is 88.3 Å². The lowest BCUT2D eigenvalue weighted by molar-refractivity contribution is -0.148. The first-order chi connectivity index (χ1) is 21.2. The smallest absolute Gasteiger partial charge is 0.260 e. The molecular weight excluding hydrogens is 586 g/mol. The largest absolute Gasteiger partial charge is 0.395 e. The van der Waals surface area contributed by atoms with Crippen molar-refractivity contribution in [3.05, 3.63) is 35.1 Å². The van der Waals surface area contributed by atoms with Gasteiger partial charge in [0.05, 0.1) is 47.1 Å². The first-order valence-electron chi connectivity index (χ1n) is 15.4. The molecule has 1 unspecified atom stereocenters. The van der Waals surface area contributed by atoms with Crippen LogP contribution in [0.2, 0.25) is 0 Å². The van der Waals surface area contributed by atoms with Crippen LogP contribution in [-0.2, 0) is 14.4 Å². The Balaban J connectivity index is 1.21. The summed E-state index contributed by atoms with van der Waals surface area (Å²) in [5, 5.41) is 32.9. The predicted molar refractivity (Wildman–Crippen MR) is 163 cm³/mol. The van der Waals surface area contributed by atoms with Crippen LogP contribution in [0.3, 0.4) is 0 Å². The van der Waals surface area contributed by atoms with Crippen LogP contribution in [0.15, 0.2) is 23.8 Å². The fourth-order valence-electron chi connectivity index (χ4n) is 6.74. The zero-order valence-corrected chi connectivity index (χ0v) is 25.9. The molecule has 3 fully saturated rings. The van der Waals surface area contributed by atoms with Gasteiger partial charge in [-0.3, -0.25) is 24.3 Å². The van der Waals surface area contributed by atoms with Crippen LogP contribution in [-0.4, -0.2) is 121 Å². The molecule has 3 saturated heterocycles. The van der Waals surface area contributed by atoms with Crippen molar-refractivity contribution in [1.29, 1.82) is 0 Å². The van der Waals surface area contributed by atoms with Gasteiger partial charge in [-0.1, -0.05) is 6.07 Å². The first-order valence-corrected chi connectivity index (χ1v) is 16.3. The lowest BCUT2D eigenvalue weighted by atomic mass is 10.1. The number of hydrogen-bond acceptors (Lipinski definition) is 11. The van der Waals surface area contributed by atoms with Gasteiger partial charge in [0, 0.05) is 37.7 Å². The van der Waals surface area contributed by atoms with Crippen molar-refractivity contribution in [1.82, 2.24) is 30.0 Å². The minimum Gasteiger partial charge on any atom is -0.395 e. The van der Waals surface area contributed by atoms with E-state index >= 15 is 0 Å². The third-order valence-corrected chi connectivity index (χ3v) is 10.1. The molecular formula is C30H43N7O6S. The molecule has 6 N–H and O–H groups in total. The van der Waals surface area contributed by atoms with Gasteiger partial charge in [0.2, 0.25) is 11.8 Å². The van der Waals surface area contributed by atoms with Gasteiger partial charge in [-0.05, 0) is 63.7 Å². The van der Waals surface area contributed by atoms with Crippen molar-refractivity contribution in [2.24, 2.45) is 5.73 Å². The number of rotatable bonds is 12. The summed E-state index contributed by atoms with van der Waals surface area (Å²) in [6.07, 6.45) is 3.84. The molecule has 0 saturated carbocycles. The minimum absolute atomic E-state index is 0.0174. The number of β-amino-alcohol motifs (C(OH)–C–C–N with tert-alkyl or cyclic N) is 1. The monoisotopic (exact) mass is 629 g/mol. The molecule has 5 rings (SSSR count). The normalized spacial score (nSPS) is 25.5. The van der Waals surface area contributed by atoms with E-state index in [1.165, 1.54) is 21.1 Å². The highest BCUT2D eigenvalue weighted by molar-refractivity contribution is 7.13. The number of aryl methyl sites for hydroxylation is 1. The van der Waals surface area contributed by atoms with Crippen LogP contribution >= 0.6 is 11.3 Å². The molecule has 6 atom stereocenters. The maximum atomic E-state index is 13.7. The van der Waals surface area contributed by atoms with Gasteiger partial charge >= 0.3 is 0 Å². The molecule has 240 valence electrons. The van der Waals surface area contributed by atoms with E-state index in [9.17, 15) is 29.7 Å².